The lowest BCUT2D eigenvalue weighted by atomic mass is 10.1. The molecule has 1 N–H and O–H groups in total. The van der Waals surface area contributed by atoms with Crippen LogP contribution < -0.4 is 9.47 Å². The van der Waals surface area contributed by atoms with E-state index in [1.54, 1.807) is 11.8 Å². The number of aliphatic hydroxyl groups excluding tert-OH is 1. The quantitative estimate of drug-likeness (QED) is 0.596. The number of benzene rings is 2. The van der Waals surface area contributed by atoms with Gasteiger partial charge in [-0.3, -0.25) is 0 Å². The van der Waals surface area contributed by atoms with Gasteiger partial charge in [-0.2, -0.15) is 4.68 Å². The molecular weight excluding hydrogens is 364 g/mol. The molecule has 0 fully saturated rings. The van der Waals surface area contributed by atoms with Gasteiger partial charge in [-0.05, 0) is 71.8 Å². The van der Waals surface area contributed by atoms with Gasteiger partial charge in [0.2, 0.25) is 5.16 Å². The molecule has 0 saturated heterocycles. The number of ether oxygens (including phenoxy) is 2. The van der Waals surface area contributed by atoms with Crippen LogP contribution in [0.3, 0.4) is 0 Å². The lowest BCUT2D eigenvalue weighted by Crippen LogP contribution is -2.20. The summed E-state index contributed by atoms with van der Waals surface area (Å²) in [6.07, 6.45) is -0.642. The first-order chi connectivity index (χ1) is 13.0. The van der Waals surface area contributed by atoms with Crippen molar-refractivity contribution in [1.82, 2.24) is 20.2 Å². The Morgan fingerprint density at radius 3 is 2.44 bits per heavy atom. The number of aryl methyl sites for hydroxylation is 2. The standard InChI is InChI=1S/C19H22N4O3S/c1-13-8-14(2)10-18(9-13)26-11-16(24)12-27-19-20-21-22-23(19)15-4-6-17(25-3)7-5-15/h4-10,16,24H,11-12H2,1-3H3/t16-/m0/s1. The molecule has 8 heteroatoms. The van der Waals surface area contributed by atoms with Crippen LogP contribution in [-0.2, 0) is 0 Å². The van der Waals surface area contributed by atoms with Gasteiger partial charge in [-0.25, -0.2) is 0 Å². The zero-order valence-electron chi connectivity index (χ0n) is 15.5. The number of tetrazole rings is 1. The van der Waals surface area contributed by atoms with Gasteiger partial charge in [0, 0.05) is 5.75 Å². The number of aromatic nitrogens is 4. The van der Waals surface area contributed by atoms with E-state index in [0.29, 0.717) is 10.9 Å². The first-order valence-electron chi connectivity index (χ1n) is 8.50. The van der Waals surface area contributed by atoms with Crippen molar-refractivity contribution in [3.63, 3.8) is 0 Å². The molecule has 0 radical (unpaired) electrons. The lowest BCUT2D eigenvalue weighted by Gasteiger charge is -2.13. The minimum Gasteiger partial charge on any atom is -0.497 e. The highest BCUT2D eigenvalue weighted by Gasteiger charge is 2.13. The highest BCUT2D eigenvalue weighted by atomic mass is 32.2. The Morgan fingerprint density at radius 2 is 1.78 bits per heavy atom. The van der Waals surface area contributed by atoms with Gasteiger partial charge in [0.05, 0.1) is 18.9 Å². The summed E-state index contributed by atoms with van der Waals surface area (Å²) in [5, 5.41) is 22.6. The Hall–Kier alpha value is -2.58. The minimum absolute atomic E-state index is 0.208. The highest BCUT2D eigenvalue weighted by molar-refractivity contribution is 7.99. The summed E-state index contributed by atoms with van der Waals surface area (Å²) < 4.78 is 12.5. The van der Waals surface area contributed by atoms with Crippen molar-refractivity contribution in [3.8, 4) is 17.2 Å². The molecule has 27 heavy (non-hydrogen) atoms. The third kappa shape index (κ3) is 5.21. The predicted molar refractivity (Wildman–Crippen MR) is 104 cm³/mol. The van der Waals surface area contributed by atoms with Gasteiger partial charge in [0.1, 0.15) is 18.1 Å². The largest absolute Gasteiger partial charge is 0.497 e. The summed E-state index contributed by atoms with van der Waals surface area (Å²) >= 11 is 1.37. The maximum Gasteiger partial charge on any atom is 0.214 e. The fourth-order valence-electron chi connectivity index (χ4n) is 2.58. The fourth-order valence-corrected chi connectivity index (χ4v) is 3.38. The Morgan fingerprint density at radius 1 is 1.07 bits per heavy atom. The third-order valence-corrected chi connectivity index (χ3v) is 4.86. The summed E-state index contributed by atoms with van der Waals surface area (Å²) in [7, 11) is 1.62. The molecule has 1 aromatic heterocycles. The average molecular weight is 386 g/mol. The van der Waals surface area contributed by atoms with Crippen molar-refractivity contribution >= 4 is 11.8 Å². The maximum absolute atomic E-state index is 10.2. The van der Waals surface area contributed by atoms with Crippen LogP contribution in [0.25, 0.3) is 5.69 Å². The zero-order valence-corrected chi connectivity index (χ0v) is 16.3. The normalized spacial score (nSPS) is 12.0. The molecule has 0 unspecified atom stereocenters. The molecule has 0 amide bonds. The first-order valence-corrected chi connectivity index (χ1v) is 9.48. The topological polar surface area (TPSA) is 82.3 Å². The zero-order chi connectivity index (χ0) is 19.2. The number of hydrogen-bond acceptors (Lipinski definition) is 7. The van der Waals surface area contributed by atoms with Crippen LogP contribution in [0.15, 0.2) is 47.6 Å². The second kappa shape index (κ2) is 8.88. The second-order valence-corrected chi connectivity index (χ2v) is 7.16. The number of nitrogens with zero attached hydrogens (tertiary/aromatic N) is 4. The minimum atomic E-state index is -0.642. The average Bonchev–Trinajstić information content (AvgIpc) is 3.12. The summed E-state index contributed by atoms with van der Waals surface area (Å²) in [6.45, 7) is 4.25. The molecule has 2 aromatic carbocycles. The molecule has 0 aliphatic heterocycles. The Kier molecular flexibility index (Phi) is 6.31. The molecule has 7 nitrogen and oxygen atoms in total. The molecule has 3 aromatic rings. The van der Waals surface area contributed by atoms with Gasteiger partial charge in [0.25, 0.3) is 0 Å². The van der Waals surface area contributed by atoms with Gasteiger partial charge in [0.15, 0.2) is 0 Å². The van der Waals surface area contributed by atoms with Crippen LogP contribution >= 0.6 is 11.8 Å². The number of thioether (sulfide) groups is 1. The summed E-state index contributed by atoms with van der Waals surface area (Å²) in [6, 6.07) is 13.4. The molecule has 0 saturated carbocycles. The molecule has 142 valence electrons. The molecular formula is C19H22N4O3S. The van der Waals surface area contributed by atoms with Crippen LogP contribution in [0.5, 0.6) is 11.5 Å². The van der Waals surface area contributed by atoms with Crippen LogP contribution in [0, 0.1) is 13.8 Å². The summed E-state index contributed by atoms with van der Waals surface area (Å²) in [4.78, 5) is 0. The molecule has 0 aliphatic carbocycles. The van der Waals surface area contributed by atoms with E-state index >= 15 is 0 Å². The van der Waals surface area contributed by atoms with Crippen molar-refractivity contribution in [3.05, 3.63) is 53.6 Å². The van der Waals surface area contributed by atoms with E-state index in [0.717, 1.165) is 28.3 Å². The van der Waals surface area contributed by atoms with Crippen molar-refractivity contribution < 1.29 is 14.6 Å². The van der Waals surface area contributed by atoms with Gasteiger partial charge < -0.3 is 14.6 Å². The van der Waals surface area contributed by atoms with E-state index < -0.39 is 6.10 Å². The molecule has 3 rings (SSSR count). The van der Waals surface area contributed by atoms with E-state index in [2.05, 4.69) is 21.6 Å². The smallest absolute Gasteiger partial charge is 0.214 e. The van der Waals surface area contributed by atoms with Crippen molar-refractivity contribution in [2.75, 3.05) is 19.5 Å². The second-order valence-electron chi connectivity index (χ2n) is 6.17. The molecule has 0 spiro atoms. The van der Waals surface area contributed by atoms with Crippen molar-refractivity contribution in [2.45, 2.75) is 25.1 Å². The number of aliphatic hydroxyl groups is 1. The monoisotopic (exact) mass is 386 g/mol. The van der Waals surface area contributed by atoms with E-state index in [-0.39, 0.29) is 6.61 Å². The number of hydrogen-bond donors (Lipinski definition) is 1. The lowest BCUT2D eigenvalue weighted by molar-refractivity contribution is 0.126. The number of rotatable bonds is 8. The van der Waals surface area contributed by atoms with Crippen LogP contribution in [-0.4, -0.2) is 50.9 Å². The van der Waals surface area contributed by atoms with Gasteiger partial charge in [-0.1, -0.05) is 17.8 Å². The Labute approximate surface area is 162 Å². The Bertz CT molecular complexity index is 863. The highest BCUT2D eigenvalue weighted by Crippen LogP contribution is 2.21. The van der Waals surface area contributed by atoms with E-state index in [1.807, 2.05) is 50.2 Å². The third-order valence-electron chi connectivity index (χ3n) is 3.80. The van der Waals surface area contributed by atoms with Crippen LogP contribution in [0.4, 0.5) is 0 Å². The van der Waals surface area contributed by atoms with Gasteiger partial charge in [-0.15, -0.1) is 5.10 Å². The first kappa shape index (κ1) is 19.2. The summed E-state index contributed by atoms with van der Waals surface area (Å²) in [5.41, 5.74) is 3.09. The number of methoxy groups -OCH3 is 1. The molecule has 1 heterocycles. The van der Waals surface area contributed by atoms with Crippen molar-refractivity contribution in [1.29, 1.82) is 0 Å². The molecule has 0 aliphatic rings. The molecule has 0 bridgehead atoms. The molecule has 1 atom stereocenters. The predicted octanol–water partition coefficient (Wildman–Crippen LogP) is 2.82. The SMILES string of the molecule is COc1ccc(-n2nnnc2SC[C@@H](O)COc2cc(C)cc(C)c2)cc1. The van der Waals surface area contributed by atoms with E-state index in [1.165, 1.54) is 11.8 Å². The van der Waals surface area contributed by atoms with Gasteiger partial charge >= 0.3 is 0 Å². The fraction of sp³-hybridized carbons (Fsp3) is 0.316. The van der Waals surface area contributed by atoms with Crippen LogP contribution in [0.1, 0.15) is 11.1 Å². The maximum atomic E-state index is 10.2. The van der Waals surface area contributed by atoms with Crippen molar-refractivity contribution in [2.24, 2.45) is 0 Å². The Balaban J connectivity index is 1.56. The van der Waals surface area contributed by atoms with E-state index in [9.17, 15) is 5.11 Å². The summed E-state index contributed by atoms with van der Waals surface area (Å²) in [5.74, 6) is 1.95. The van der Waals surface area contributed by atoms with E-state index in [4.69, 9.17) is 9.47 Å². The van der Waals surface area contributed by atoms with Crippen LogP contribution in [0.2, 0.25) is 0 Å².